The van der Waals surface area contributed by atoms with E-state index in [9.17, 15) is 0 Å². The molecule has 1 heterocycles. The number of benzene rings is 1. The fourth-order valence-electron chi connectivity index (χ4n) is 3.04. The summed E-state index contributed by atoms with van der Waals surface area (Å²) in [6.07, 6.45) is 1.22. The Hall–Kier alpha value is -1.02. The summed E-state index contributed by atoms with van der Waals surface area (Å²) in [5, 5.41) is 3.45. The Kier molecular flexibility index (Phi) is 3.17. The third-order valence-corrected chi connectivity index (χ3v) is 4.41. The SMILES string of the molecule is CNC1CCN(c2cccc(C)c2C)C1(C)C. The van der Waals surface area contributed by atoms with Gasteiger partial charge in [0, 0.05) is 23.8 Å². The van der Waals surface area contributed by atoms with Crippen molar-refractivity contribution in [3.8, 4) is 0 Å². The van der Waals surface area contributed by atoms with Gasteiger partial charge < -0.3 is 10.2 Å². The van der Waals surface area contributed by atoms with Crippen LogP contribution in [0.4, 0.5) is 5.69 Å². The molecule has 1 aliphatic rings. The zero-order chi connectivity index (χ0) is 12.6. The van der Waals surface area contributed by atoms with Crippen LogP contribution in [0.2, 0.25) is 0 Å². The molecule has 1 aromatic carbocycles. The van der Waals surface area contributed by atoms with E-state index in [4.69, 9.17) is 0 Å². The van der Waals surface area contributed by atoms with E-state index >= 15 is 0 Å². The van der Waals surface area contributed by atoms with Gasteiger partial charge in [-0.1, -0.05) is 12.1 Å². The molecule has 2 rings (SSSR count). The van der Waals surface area contributed by atoms with E-state index in [0.717, 1.165) is 6.54 Å². The molecule has 2 heteroatoms. The number of anilines is 1. The molecule has 0 aliphatic carbocycles. The number of aryl methyl sites for hydroxylation is 1. The van der Waals surface area contributed by atoms with Crippen LogP contribution in [0.15, 0.2) is 18.2 Å². The molecule has 0 radical (unpaired) electrons. The highest BCUT2D eigenvalue weighted by molar-refractivity contribution is 5.59. The Balaban J connectivity index is 2.38. The molecule has 17 heavy (non-hydrogen) atoms. The van der Waals surface area contributed by atoms with Crippen LogP contribution >= 0.6 is 0 Å². The largest absolute Gasteiger partial charge is 0.365 e. The molecular weight excluding hydrogens is 208 g/mol. The summed E-state index contributed by atoms with van der Waals surface area (Å²) in [5.74, 6) is 0. The molecule has 1 saturated heterocycles. The summed E-state index contributed by atoms with van der Waals surface area (Å²) in [6.45, 7) is 10.2. The van der Waals surface area contributed by atoms with Gasteiger partial charge in [-0.05, 0) is 58.4 Å². The summed E-state index contributed by atoms with van der Waals surface area (Å²) >= 11 is 0. The molecule has 0 aromatic heterocycles. The maximum atomic E-state index is 3.45. The van der Waals surface area contributed by atoms with Crippen LogP contribution in [0.5, 0.6) is 0 Å². The zero-order valence-electron chi connectivity index (χ0n) is 11.7. The summed E-state index contributed by atoms with van der Waals surface area (Å²) in [4.78, 5) is 2.55. The molecule has 1 aromatic rings. The van der Waals surface area contributed by atoms with Gasteiger partial charge in [-0.3, -0.25) is 0 Å². The second-order valence-electron chi connectivity index (χ2n) is 5.65. The molecule has 0 saturated carbocycles. The van der Waals surface area contributed by atoms with Gasteiger partial charge in [0.2, 0.25) is 0 Å². The van der Waals surface area contributed by atoms with E-state index in [0.29, 0.717) is 6.04 Å². The van der Waals surface area contributed by atoms with Crippen molar-refractivity contribution in [2.24, 2.45) is 0 Å². The molecule has 0 bridgehead atoms. The fraction of sp³-hybridized carbons (Fsp3) is 0.600. The molecular formula is C15H24N2. The fourth-order valence-corrected chi connectivity index (χ4v) is 3.04. The molecule has 1 aliphatic heterocycles. The van der Waals surface area contributed by atoms with Crippen molar-refractivity contribution in [2.75, 3.05) is 18.5 Å². The number of rotatable bonds is 2. The molecule has 0 amide bonds. The van der Waals surface area contributed by atoms with Gasteiger partial charge in [0.25, 0.3) is 0 Å². The highest BCUT2D eigenvalue weighted by Crippen LogP contribution is 2.36. The molecule has 1 unspecified atom stereocenters. The maximum absolute atomic E-state index is 3.45. The smallest absolute Gasteiger partial charge is 0.0499 e. The predicted octanol–water partition coefficient (Wildman–Crippen LogP) is 2.88. The molecule has 1 fully saturated rings. The predicted molar refractivity (Wildman–Crippen MR) is 74.8 cm³/mol. The van der Waals surface area contributed by atoms with Crippen molar-refractivity contribution in [1.82, 2.24) is 5.32 Å². The Morgan fingerprint density at radius 3 is 2.59 bits per heavy atom. The Morgan fingerprint density at radius 1 is 1.29 bits per heavy atom. The highest BCUT2D eigenvalue weighted by Gasteiger charge is 2.40. The molecule has 1 atom stereocenters. The van der Waals surface area contributed by atoms with Crippen molar-refractivity contribution in [3.05, 3.63) is 29.3 Å². The lowest BCUT2D eigenvalue weighted by atomic mass is 9.94. The summed E-state index contributed by atoms with van der Waals surface area (Å²) in [7, 11) is 2.07. The van der Waals surface area contributed by atoms with Gasteiger partial charge in [0.05, 0.1) is 0 Å². The lowest BCUT2D eigenvalue weighted by molar-refractivity contribution is 0.402. The van der Waals surface area contributed by atoms with Gasteiger partial charge in [-0.2, -0.15) is 0 Å². The van der Waals surface area contributed by atoms with Crippen molar-refractivity contribution in [3.63, 3.8) is 0 Å². The van der Waals surface area contributed by atoms with Gasteiger partial charge >= 0.3 is 0 Å². The Bertz CT molecular complexity index is 409. The van der Waals surface area contributed by atoms with Crippen molar-refractivity contribution >= 4 is 5.69 Å². The molecule has 2 nitrogen and oxygen atoms in total. The third-order valence-electron chi connectivity index (χ3n) is 4.41. The first-order valence-corrected chi connectivity index (χ1v) is 6.49. The average molecular weight is 232 g/mol. The van der Waals surface area contributed by atoms with Gasteiger partial charge in [-0.25, -0.2) is 0 Å². The molecule has 0 spiro atoms. The molecule has 94 valence electrons. The van der Waals surface area contributed by atoms with E-state index in [1.54, 1.807) is 0 Å². The van der Waals surface area contributed by atoms with E-state index in [1.807, 2.05) is 0 Å². The van der Waals surface area contributed by atoms with E-state index < -0.39 is 0 Å². The first-order valence-electron chi connectivity index (χ1n) is 6.49. The number of nitrogens with zero attached hydrogens (tertiary/aromatic N) is 1. The quantitative estimate of drug-likeness (QED) is 0.843. The Labute approximate surface area is 105 Å². The summed E-state index contributed by atoms with van der Waals surface area (Å²) in [6, 6.07) is 7.18. The molecule has 1 N–H and O–H groups in total. The first kappa shape index (κ1) is 12.4. The lowest BCUT2D eigenvalue weighted by Gasteiger charge is -2.38. The van der Waals surface area contributed by atoms with Crippen molar-refractivity contribution in [2.45, 2.75) is 45.7 Å². The zero-order valence-corrected chi connectivity index (χ0v) is 11.7. The van der Waals surface area contributed by atoms with Crippen LogP contribution in [0.25, 0.3) is 0 Å². The minimum absolute atomic E-state index is 0.188. The van der Waals surface area contributed by atoms with Crippen LogP contribution in [-0.2, 0) is 0 Å². The number of nitrogens with one attached hydrogen (secondary N) is 1. The number of hydrogen-bond donors (Lipinski definition) is 1. The van der Waals surface area contributed by atoms with Gasteiger partial charge in [-0.15, -0.1) is 0 Å². The minimum Gasteiger partial charge on any atom is -0.365 e. The highest BCUT2D eigenvalue weighted by atomic mass is 15.3. The lowest BCUT2D eigenvalue weighted by Crippen LogP contribution is -2.50. The van der Waals surface area contributed by atoms with E-state index in [2.05, 4.69) is 63.2 Å². The van der Waals surface area contributed by atoms with E-state index in [1.165, 1.54) is 23.2 Å². The average Bonchev–Trinajstić information content (AvgIpc) is 2.57. The van der Waals surface area contributed by atoms with Crippen LogP contribution in [0.1, 0.15) is 31.4 Å². The number of likely N-dealkylation sites (N-methyl/N-ethyl adjacent to an activating group) is 1. The van der Waals surface area contributed by atoms with Crippen LogP contribution in [0.3, 0.4) is 0 Å². The van der Waals surface area contributed by atoms with Crippen LogP contribution in [-0.4, -0.2) is 25.2 Å². The standard InChI is InChI=1S/C15H24N2/c1-11-7-6-8-13(12(11)2)17-10-9-14(16-5)15(17,3)4/h6-8,14,16H,9-10H2,1-5H3. The van der Waals surface area contributed by atoms with E-state index in [-0.39, 0.29) is 5.54 Å². The van der Waals surface area contributed by atoms with Crippen molar-refractivity contribution < 1.29 is 0 Å². The first-order chi connectivity index (χ1) is 7.98. The second kappa shape index (κ2) is 4.34. The second-order valence-corrected chi connectivity index (χ2v) is 5.65. The van der Waals surface area contributed by atoms with Crippen molar-refractivity contribution in [1.29, 1.82) is 0 Å². The van der Waals surface area contributed by atoms with Crippen LogP contribution < -0.4 is 10.2 Å². The number of hydrogen-bond acceptors (Lipinski definition) is 2. The third kappa shape index (κ3) is 1.95. The maximum Gasteiger partial charge on any atom is 0.0499 e. The summed E-state index contributed by atoms with van der Waals surface area (Å²) < 4.78 is 0. The minimum atomic E-state index is 0.188. The summed E-state index contributed by atoms with van der Waals surface area (Å²) in [5.41, 5.74) is 4.38. The van der Waals surface area contributed by atoms with Crippen LogP contribution in [0, 0.1) is 13.8 Å². The Morgan fingerprint density at radius 2 is 2.00 bits per heavy atom. The van der Waals surface area contributed by atoms with Gasteiger partial charge in [0.15, 0.2) is 0 Å². The normalized spacial score (nSPS) is 23.1. The topological polar surface area (TPSA) is 15.3 Å². The monoisotopic (exact) mass is 232 g/mol. The van der Waals surface area contributed by atoms with Gasteiger partial charge in [0.1, 0.15) is 0 Å².